The Morgan fingerprint density at radius 2 is 2.00 bits per heavy atom. The Labute approximate surface area is 85.5 Å². The van der Waals surface area contributed by atoms with Crippen LogP contribution in [0.25, 0.3) is 0 Å². The van der Waals surface area contributed by atoms with E-state index in [-0.39, 0.29) is 0 Å². The number of carbonyl (C=O) groups is 2. The second-order valence-corrected chi connectivity index (χ2v) is 4.62. The molecule has 80 valence electrons. The van der Waals surface area contributed by atoms with E-state index in [0.29, 0.717) is 11.9 Å². The highest BCUT2D eigenvalue weighted by Crippen LogP contribution is 2.29. The van der Waals surface area contributed by atoms with E-state index < -0.39 is 22.7 Å². The number of carbonyl (C=O) groups excluding carboxylic acids is 1. The zero-order valence-electron chi connectivity index (χ0n) is 8.10. The summed E-state index contributed by atoms with van der Waals surface area (Å²) < 4.78 is 1.60. The minimum atomic E-state index is -1.19. The molecule has 0 aliphatic carbocycles. The van der Waals surface area contributed by atoms with Gasteiger partial charge in [0.15, 0.2) is 0 Å². The van der Waals surface area contributed by atoms with Gasteiger partial charge >= 0.3 is 5.97 Å². The molecule has 0 rings (SSSR count). The molecule has 0 saturated carbocycles. The van der Waals surface area contributed by atoms with Gasteiger partial charge in [0.1, 0.15) is 6.04 Å². The quantitative estimate of drug-likeness (QED) is 0.527. The van der Waals surface area contributed by atoms with Crippen molar-refractivity contribution in [3.8, 4) is 0 Å². The monoisotopic (exact) mass is 220 g/mol. The molecule has 6 nitrogen and oxygen atoms in total. The number of nitroso groups, excluding NO2 is 1. The van der Waals surface area contributed by atoms with Crippen molar-refractivity contribution in [2.24, 2.45) is 4.58 Å². The van der Waals surface area contributed by atoms with E-state index in [9.17, 15) is 14.5 Å². The van der Waals surface area contributed by atoms with Crippen molar-refractivity contribution in [2.75, 3.05) is 0 Å². The second-order valence-electron chi connectivity index (χ2n) is 3.24. The Morgan fingerprint density at radius 3 is 2.29 bits per heavy atom. The van der Waals surface area contributed by atoms with Gasteiger partial charge < -0.3 is 10.4 Å². The highest BCUT2D eigenvalue weighted by atomic mass is 32.2. The first kappa shape index (κ1) is 12.9. The second kappa shape index (κ2) is 4.94. The Bertz CT molecular complexity index is 254. The summed E-state index contributed by atoms with van der Waals surface area (Å²) in [6.07, 6.45) is 0. The van der Waals surface area contributed by atoms with Gasteiger partial charge in [-0.15, -0.1) is 4.91 Å². The summed E-state index contributed by atoms with van der Waals surface area (Å²) in [5.41, 5.74) is 0. The molecule has 0 saturated heterocycles. The topological polar surface area (TPSA) is 95.8 Å². The van der Waals surface area contributed by atoms with Gasteiger partial charge in [-0.05, 0) is 13.8 Å². The summed E-state index contributed by atoms with van der Waals surface area (Å²) in [6.45, 7) is 4.26. The molecule has 0 aromatic rings. The van der Waals surface area contributed by atoms with Gasteiger partial charge in [0.25, 0.3) is 0 Å². The molecule has 0 aliphatic heterocycles. The fourth-order valence-corrected chi connectivity index (χ4v) is 1.34. The van der Waals surface area contributed by atoms with Crippen molar-refractivity contribution in [3.05, 3.63) is 4.91 Å². The molecule has 0 unspecified atom stereocenters. The molecule has 1 amide bonds. The van der Waals surface area contributed by atoms with E-state index in [4.69, 9.17) is 5.11 Å². The number of carboxylic acids is 1. The first-order valence-electron chi connectivity index (χ1n) is 3.82. The maximum absolute atomic E-state index is 10.8. The lowest BCUT2D eigenvalue weighted by Crippen LogP contribution is -2.51. The zero-order valence-corrected chi connectivity index (χ0v) is 8.92. The number of aliphatic carboxylic acids is 1. The first-order valence-corrected chi connectivity index (χ1v) is 4.59. The third-order valence-electron chi connectivity index (χ3n) is 1.56. The van der Waals surface area contributed by atoms with Crippen LogP contribution < -0.4 is 5.32 Å². The van der Waals surface area contributed by atoms with Crippen molar-refractivity contribution >= 4 is 23.8 Å². The van der Waals surface area contributed by atoms with Crippen LogP contribution in [0.1, 0.15) is 20.8 Å². The predicted octanol–water partition coefficient (Wildman–Crippen LogP) is 0.769. The van der Waals surface area contributed by atoms with Crippen molar-refractivity contribution < 1.29 is 14.7 Å². The van der Waals surface area contributed by atoms with Crippen molar-refractivity contribution in [3.63, 3.8) is 0 Å². The smallest absolute Gasteiger partial charge is 0.327 e. The number of amides is 1. The standard InChI is InChI=1S/C7H12N2O4S/c1-4(10)8-5(6(11)12)7(2,3)14-9-13/h5H,1-3H3,(H,8,10)(H,11,12)/t5-/m0/s1. The molecular formula is C7H12N2O4S. The van der Waals surface area contributed by atoms with Gasteiger partial charge in [-0.2, -0.15) is 0 Å². The number of hydrogen-bond donors (Lipinski definition) is 2. The molecule has 0 bridgehead atoms. The molecule has 14 heavy (non-hydrogen) atoms. The van der Waals surface area contributed by atoms with Crippen LogP contribution >= 0.6 is 11.9 Å². The number of hydrogen-bond acceptors (Lipinski definition) is 5. The lowest BCUT2D eigenvalue weighted by Gasteiger charge is -2.27. The molecule has 0 spiro atoms. The predicted molar refractivity (Wildman–Crippen MR) is 52.7 cm³/mol. The van der Waals surface area contributed by atoms with Crippen LogP contribution in [-0.4, -0.2) is 27.8 Å². The summed E-state index contributed by atoms with van der Waals surface area (Å²) in [4.78, 5) is 31.5. The molecule has 2 N–H and O–H groups in total. The van der Waals surface area contributed by atoms with Gasteiger partial charge in [-0.3, -0.25) is 4.79 Å². The molecule has 0 aromatic carbocycles. The summed E-state index contributed by atoms with van der Waals surface area (Å²) in [6, 6.07) is -1.14. The van der Waals surface area contributed by atoms with Gasteiger partial charge in [-0.25, -0.2) is 4.79 Å². The van der Waals surface area contributed by atoms with Gasteiger partial charge in [-0.1, -0.05) is 0 Å². The molecule has 0 fully saturated rings. The summed E-state index contributed by atoms with van der Waals surface area (Å²) in [7, 11) is 0. The Balaban J connectivity index is 4.71. The maximum Gasteiger partial charge on any atom is 0.327 e. The normalized spacial score (nSPS) is 13.1. The summed E-state index contributed by atoms with van der Waals surface area (Å²) >= 11 is 0.586. The maximum atomic E-state index is 10.8. The molecule has 0 heterocycles. The Hall–Kier alpha value is -1.11. The molecular weight excluding hydrogens is 208 g/mol. The van der Waals surface area contributed by atoms with Crippen LogP contribution in [0, 0.1) is 4.91 Å². The van der Waals surface area contributed by atoms with Crippen LogP contribution in [0.2, 0.25) is 0 Å². The summed E-state index contributed by atoms with van der Waals surface area (Å²) in [5, 5.41) is 11.1. The number of rotatable bonds is 5. The van der Waals surface area contributed by atoms with Crippen molar-refractivity contribution in [1.29, 1.82) is 0 Å². The van der Waals surface area contributed by atoms with Gasteiger partial charge in [0, 0.05) is 23.5 Å². The van der Waals surface area contributed by atoms with E-state index in [1.807, 2.05) is 0 Å². The van der Waals surface area contributed by atoms with Crippen LogP contribution in [0.4, 0.5) is 0 Å². The van der Waals surface area contributed by atoms with E-state index >= 15 is 0 Å². The summed E-state index contributed by atoms with van der Waals surface area (Å²) in [5.74, 6) is -1.65. The SMILES string of the molecule is CC(=O)N[C@@H](C(=O)O)C(C)(C)SN=O. The third kappa shape index (κ3) is 3.73. The highest BCUT2D eigenvalue weighted by molar-refractivity contribution is 7.99. The number of nitrogens with one attached hydrogen (secondary N) is 1. The van der Waals surface area contributed by atoms with E-state index in [1.54, 1.807) is 0 Å². The zero-order chi connectivity index (χ0) is 11.4. The van der Waals surface area contributed by atoms with Gasteiger partial charge in [0.2, 0.25) is 5.91 Å². The van der Waals surface area contributed by atoms with Crippen LogP contribution in [0.3, 0.4) is 0 Å². The van der Waals surface area contributed by atoms with E-state index in [2.05, 4.69) is 9.90 Å². The molecule has 0 radical (unpaired) electrons. The fraction of sp³-hybridized carbons (Fsp3) is 0.714. The molecule has 7 heteroatoms. The lowest BCUT2D eigenvalue weighted by atomic mass is 10.0. The fourth-order valence-electron chi connectivity index (χ4n) is 0.885. The van der Waals surface area contributed by atoms with Crippen LogP contribution in [0.15, 0.2) is 4.58 Å². The third-order valence-corrected chi connectivity index (χ3v) is 2.34. The van der Waals surface area contributed by atoms with Crippen molar-refractivity contribution in [1.82, 2.24) is 5.32 Å². The van der Waals surface area contributed by atoms with Crippen LogP contribution in [0.5, 0.6) is 0 Å². The molecule has 0 aliphatic rings. The minimum Gasteiger partial charge on any atom is -0.480 e. The largest absolute Gasteiger partial charge is 0.480 e. The van der Waals surface area contributed by atoms with E-state index in [1.165, 1.54) is 20.8 Å². The molecule has 0 aromatic heterocycles. The molecule has 1 atom stereocenters. The number of nitrogens with zero attached hydrogens (tertiary/aromatic N) is 1. The van der Waals surface area contributed by atoms with E-state index in [0.717, 1.165) is 0 Å². The average Bonchev–Trinajstić information content (AvgIpc) is 1.99. The number of carboxylic acid groups (broad SMARTS) is 1. The highest BCUT2D eigenvalue weighted by Gasteiger charge is 2.37. The average molecular weight is 220 g/mol. The Morgan fingerprint density at radius 1 is 1.50 bits per heavy atom. The van der Waals surface area contributed by atoms with Crippen LogP contribution in [-0.2, 0) is 9.59 Å². The minimum absolute atomic E-state index is 0.461. The first-order chi connectivity index (χ1) is 6.31. The lowest BCUT2D eigenvalue weighted by molar-refractivity contribution is -0.142. The van der Waals surface area contributed by atoms with Gasteiger partial charge in [0.05, 0.1) is 4.75 Å². The van der Waals surface area contributed by atoms with Crippen molar-refractivity contribution in [2.45, 2.75) is 31.6 Å². The Kier molecular flexibility index (Phi) is 4.55.